The summed E-state index contributed by atoms with van der Waals surface area (Å²) in [5, 5.41) is 5.42. The van der Waals surface area contributed by atoms with E-state index in [1.807, 2.05) is 35.6 Å². The fourth-order valence-electron chi connectivity index (χ4n) is 3.93. The Morgan fingerprint density at radius 3 is 2.76 bits per heavy atom. The number of thiazole rings is 1. The topological polar surface area (TPSA) is 83.5 Å². The summed E-state index contributed by atoms with van der Waals surface area (Å²) in [7, 11) is 0. The number of aromatic nitrogens is 3. The van der Waals surface area contributed by atoms with Crippen LogP contribution in [0.4, 0.5) is 10.9 Å². The molecule has 10 heteroatoms. The Hall–Kier alpha value is -3.08. The molecule has 1 fully saturated rings. The van der Waals surface area contributed by atoms with Gasteiger partial charge in [-0.3, -0.25) is 9.69 Å². The number of nitrogens with zero attached hydrogens (tertiary/aromatic N) is 5. The molecular weight excluding hydrogens is 456 g/mol. The van der Waals surface area contributed by atoms with Crippen LogP contribution >= 0.6 is 22.7 Å². The molecule has 1 aromatic carbocycles. The number of hydrogen-bond acceptors (Lipinski definition) is 9. The average molecular weight is 481 g/mol. The third kappa shape index (κ3) is 4.82. The number of amides is 1. The summed E-state index contributed by atoms with van der Waals surface area (Å²) in [6.45, 7) is 7.48. The third-order valence-corrected chi connectivity index (χ3v) is 7.63. The van der Waals surface area contributed by atoms with Gasteiger partial charge in [0.1, 0.15) is 17.7 Å². The van der Waals surface area contributed by atoms with Gasteiger partial charge >= 0.3 is 0 Å². The molecule has 0 bridgehead atoms. The maximum absolute atomic E-state index is 11.4. The van der Waals surface area contributed by atoms with Crippen LogP contribution in [-0.2, 0) is 4.79 Å². The zero-order valence-electron chi connectivity index (χ0n) is 18.4. The van der Waals surface area contributed by atoms with Gasteiger partial charge in [-0.2, -0.15) is 0 Å². The molecule has 5 rings (SSSR count). The molecule has 1 N–H and O–H groups in total. The van der Waals surface area contributed by atoms with Crippen molar-refractivity contribution < 1.29 is 9.53 Å². The molecular formula is C23H24N6O2S2. The van der Waals surface area contributed by atoms with Crippen LogP contribution in [-0.4, -0.2) is 51.9 Å². The van der Waals surface area contributed by atoms with Crippen molar-refractivity contribution in [2.45, 2.75) is 19.9 Å². The van der Waals surface area contributed by atoms with Gasteiger partial charge in [0.2, 0.25) is 11.8 Å². The third-order valence-electron chi connectivity index (χ3n) is 5.65. The van der Waals surface area contributed by atoms with Crippen molar-refractivity contribution >= 4 is 49.7 Å². The van der Waals surface area contributed by atoms with Gasteiger partial charge in [0.05, 0.1) is 4.70 Å². The van der Waals surface area contributed by atoms with Crippen LogP contribution in [0.25, 0.3) is 10.2 Å². The Labute approximate surface area is 199 Å². The van der Waals surface area contributed by atoms with E-state index in [1.54, 1.807) is 0 Å². The van der Waals surface area contributed by atoms with E-state index in [-0.39, 0.29) is 5.91 Å². The average Bonchev–Trinajstić information content (AvgIpc) is 3.49. The van der Waals surface area contributed by atoms with E-state index in [4.69, 9.17) is 4.74 Å². The first-order chi connectivity index (χ1) is 16.1. The molecule has 1 unspecified atom stereocenters. The summed E-state index contributed by atoms with van der Waals surface area (Å²) in [4.78, 5) is 30.8. The minimum Gasteiger partial charge on any atom is -0.437 e. The maximum Gasteiger partial charge on any atom is 0.224 e. The van der Waals surface area contributed by atoms with E-state index < -0.39 is 0 Å². The fourth-order valence-corrected chi connectivity index (χ4v) is 5.68. The molecule has 8 nitrogen and oxygen atoms in total. The lowest BCUT2D eigenvalue weighted by atomic mass is 10.2. The molecule has 0 saturated carbocycles. The molecule has 0 spiro atoms. The second-order valence-electron chi connectivity index (χ2n) is 7.83. The van der Waals surface area contributed by atoms with Crippen molar-refractivity contribution in [3.63, 3.8) is 0 Å². The van der Waals surface area contributed by atoms with Crippen LogP contribution in [0, 0.1) is 0 Å². The largest absolute Gasteiger partial charge is 0.437 e. The monoisotopic (exact) mass is 480 g/mol. The van der Waals surface area contributed by atoms with Gasteiger partial charge in [-0.1, -0.05) is 23.5 Å². The Morgan fingerprint density at radius 2 is 2.00 bits per heavy atom. The number of fused-ring (bicyclic) bond motifs is 1. The molecule has 1 atom stereocenters. The number of rotatable bonds is 6. The minimum absolute atomic E-state index is 0.151. The van der Waals surface area contributed by atoms with Gasteiger partial charge in [0.25, 0.3) is 0 Å². The van der Waals surface area contributed by atoms with Crippen LogP contribution in [0.1, 0.15) is 24.8 Å². The van der Waals surface area contributed by atoms with Crippen molar-refractivity contribution in [3.8, 4) is 11.6 Å². The number of carbonyl (C=O) groups is 1. The predicted molar refractivity (Wildman–Crippen MR) is 133 cm³/mol. The first-order valence-corrected chi connectivity index (χ1v) is 12.5. The first kappa shape index (κ1) is 21.7. The number of ether oxygens (including phenoxy) is 1. The number of piperazine rings is 1. The Balaban J connectivity index is 1.28. The SMILES string of the molecule is CC(=O)Nc1nc2c(Oc3cc(N4CCN(C(C)c5cccs5)CC4)ncn3)cccc2s1. The highest BCUT2D eigenvalue weighted by atomic mass is 32.1. The fraction of sp³-hybridized carbons (Fsp3) is 0.304. The molecule has 1 saturated heterocycles. The van der Waals surface area contributed by atoms with Crippen molar-refractivity contribution in [1.82, 2.24) is 19.9 Å². The molecule has 0 aliphatic carbocycles. The van der Waals surface area contributed by atoms with Crippen molar-refractivity contribution in [1.29, 1.82) is 0 Å². The van der Waals surface area contributed by atoms with Gasteiger partial charge < -0.3 is 15.0 Å². The highest BCUT2D eigenvalue weighted by Gasteiger charge is 2.23. The highest BCUT2D eigenvalue weighted by Crippen LogP contribution is 2.35. The van der Waals surface area contributed by atoms with Crippen LogP contribution in [0.5, 0.6) is 11.6 Å². The van der Waals surface area contributed by atoms with E-state index in [9.17, 15) is 4.79 Å². The summed E-state index contributed by atoms with van der Waals surface area (Å²) in [6.07, 6.45) is 1.54. The van der Waals surface area contributed by atoms with Gasteiger partial charge in [-0.15, -0.1) is 11.3 Å². The number of benzene rings is 1. The highest BCUT2D eigenvalue weighted by molar-refractivity contribution is 7.22. The molecule has 33 heavy (non-hydrogen) atoms. The lowest BCUT2D eigenvalue weighted by Gasteiger charge is -2.38. The Bertz CT molecular complexity index is 1250. The number of thiophene rings is 1. The summed E-state index contributed by atoms with van der Waals surface area (Å²) in [5.41, 5.74) is 0.697. The normalized spacial score (nSPS) is 15.5. The number of hydrogen-bond donors (Lipinski definition) is 1. The summed E-state index contributed by atoms with van der Waals surface area (Å²) < 4.78 is 7.03. The molecule has 3 aromatic heterocycles. The Morgan fingerprint density at radius 1 is 1.15 bits per heavy atom. The van der Waals surface area contributed by atoms with Crippen LogP contribution in [0.3, 0.4) is 0 Å². The van der Waals surface area contributed by atoms with Gasteiger partial charge in [-0.25, -0.2) is 15.0 Å². The first-order valence-electron chi connectivity index (χ1n) is 10.8. The minimum atomic E-state index is -0.151. The smallest absolute Gasteiger partial charge is 0.224 e. The summed E-state index contributed by atoms with van der Waals surface area (Å²) in [6, 6.07) is 12.3. The van der Waals surface area contributed by atoms with E-state index in [0.29, 0.717) is 28.3 Å². The number of anilines is 2. The van der Waals surface area contributed by atoms with Crippen LogP contribution < -0.4 is 15.0 Å². The number of nitrogens with one attached hydrogen (secondary N) is 1. The molecule has 4 aromatic rings. The zero-order valence-corrected chi connectivity index (χ0v) is 20.0. The molecule has 1 aliphatic rings. The Kier molecular flexibility index (Phi) is 6.21. The van der Waals surface area contributed by atoms with Gasteiger partial charge in [-0.05, 0) is 30.5 Å². The second kappa shape index (κ2) is 9.42. The maximum atomic E-state index is 11.4. The molecule has 170 valence electrons. The van der Waals surface area contributed by atoms with E-state index in [0.717, 1.165) is 36.7 Å². The van der Waals surface area contributed by atoms with Crippen molar-refractivity contribution in [3.05, 3.63) is 53.0 Å². The van der Waals surface area contributed by atoms with E-state index in [2.05, 4.69) is 54.5 Å². The van der Waals surface area contributed by atoms with E-state index in [1.165, 1.54) is 29.5 Å². The predicted octanol–water partition coefficient (Wildman–Crippen LogP) is 4.78. The lowest BCUT2D eigenvalue weighted by molar-refractivity contribution is -0.114. The quantitative estimate of drug-likeness (QED) is 0.425. The van der Waals surface area contributed by atoms with E-state index >= 15 is 0 Å². The number of para-hydroxylation sites is 1. The molecule has 1 aliphatic heterocycles. The summed E-state index contributed by atoms with van der Waals surface area (Å²) in [5.74, 6) is 1.77. The number of carbonyl (C=O) groups excluding carboxylic acids is 1. The van der Waals surface area contributed by atoms with Crippen LogP contribution in [0.2, 0.25) is 0 Å². The molecule has 4 heterocycles. The molecule has 1 amide bonds. The standard InChI is InChI=1S/C23H24N6O2S2/c1-15(18-7-4-12-32-18)28-8-10-29(11-9-28)20-13-21(25-14-24-20)31-17-5-3-6-19-22(17)27-23(33-19)26-16(2)30/h3-7,12-15H,8-11H2,1-2H3,(H,26,27,30). The van der Waals surface area contributed by atoms with Gasteiger partial charge in [0, 0.05) is 50.1 Å². The van der Waals surface area contributed by atoms with Crippen molar-refractivity contribution in [2.24, 2.45) is 0 Å². The lowest BCUT2D eigenvalue weighted by Crippen LogP contribution is -2.47. The van der Waals surface area contributed by atoms with Crippen LogP contribution in [0.15, 0.2) is 48.1 Å². The van der Waals surface area contributed by atoms with Crippen molar-refractivity contribution in [2.75, 3.05) is 36.4 Å². The van der Waals surface area contributed by atoms with Gasteiger partial charge in [0.15, 0.2) is 10.9 Å². The second-order valence-corrected chi connectivity index (χ2v) is 9.84. The zero-order chi connectivity index (χ0) is 22.8. The summed E-state index contributed by atoms with van der Waals surface area (Å²) >= 11 is 3.22. The molecule has 0 radical (unpaired) electrons.